The summed E-state index contributed by atoms with van der Waals surface area (Å²) in [5.41, 5.74) is 3.18. The molecule has 5 rings (SSSR count). The first-order valence-corrected chi connectivity index (χ1v) is 14.2. The van der Waals surface area contributed by atoms with Crippen LogP contribution in [0.15, 0.2) is 36.4 Å². The molecule has 3 aliphatic rings. The summed E-state index contributed by atoms with van der Waals surface area (Å²) in [7, 11) is 1.39. The number of hydrogen-bond donors (Lipinski definition) is 0. The third-order valence-corrected chi connectivity index (χ3v) is 8.72. The van der Waals surface area contributed by atoms with Crippen molar-refractivity contribution in [3.8, 4) is 11.1 Å². The zero-order valence-corrected chi connectivity index (χ0v) is 23.5. The maximum atomic E-state index is 13.3. The molecule has 3 amide bonds. The summed E-state index contributed by atoms with van der Waals surface area (Å²) in [6, 6.07) is 11.3. The van der Waals surface area contributed by atoms with Gasteiger partial charge in [-0.1, -0.05) is 35.3 Å². The third-order valence-electron chi connectivity index (χ3n) is 8.04. The Labute approximate surface area is 238 Å². The van der Waals surface area contributed by atoms with Gasteiger partial charge in [0.25, 0.3) is 5.91 Å². The van der Waals surface area contributed by atoms with Crippen molar-refractivity contribution >= 4 is 41.1 Å². The number of likely N-dealkylation sites (tertiary alicyclic amines) is 2. The summed E-state index contributed by atoms with van der Waals surface area (Å²) in [6.07, 6.45) is 2.43. The summed E-state index contributed by atoms with van der Waals surface area (Å²) in [5, 5.41) is 1.06. The molecule has 0 aliphatic carbocycles. The van der Waals surface area contributed by atoms with E-state index in [0.717, 1.165) is 36.0 Å². The molecule has 3 aliphatic heterocycles. The fourth-order valence-corrected chi connectivity index (χ4v) is 6.41. The van der Waals surface area contributed by atoms with Gasteiger partial charge in [0.1, 0.15) is 0 Å². The fraction of sp³-hybridized carbons (Fsp3) is 0.483. The van der Waals surface area contributed by atoms with E-state index in [2.05, 4.69) is 0 Å². The molecular formula is C29H33Cl2N3O5. The van der Waals surface area contributed by atoms with E-state index in [1.54, 1.807) is 9.80 Å². The second-order valence-corrected chi connectivity index (χ2v) is 11.1. The molecule has 8 nitrogen and oxygen atoms in total. The highest BCUT2D eigenvalue weighted by atomic mass is 35.5. The van der Waals surface area contributed by atoms with E-state index in [0.29, 0.717) is 68.0 Å². The van der Waals surface area contributed by atoms with E-state index in [-0.39, 0.29) is 29.9 Å². The Balaban J connectivity index is 1.22. The maximum absolute atomic E-state index is 13.3. The molecule has 3 saturated heterocycles. The van der Waals surface area contributed by atoms with E-state index >= 15 is 0 Å². The van der Waals surface area contributed by atoms with Gasteiger partial charge in [0.2, 0.25) is 5.91 Å². The molecular weight excluding hydrogens is 541 g/mol. The van der Waals surface area contributed by atoms with Crippen LogP contribution in [0.1, 0.15) is 35.2 Å². The lowest BCUT2D eigenvalue weighted by molar-refractivity contribution is -0.133. The second kappa shape index (κ2) is 12.1. The summed E-state index contributed by atoms with van der Waals surface area (Å²) in [5.74, 6) is -0.0428. The Hall–Kier alpha value is -2.81. The highest BCUT2D eigenvalue weighted by molar-refractivity contribution is 6.36. The molecule has 0 N–H and O–H groups in total. The SMILES string of the molecule is COC(=O)N1CCC(N2CC[C@@H](Cc3c(Cl)cc(-c4ccc(C(=O)N5CCOCC5)cc4)cc3Cl)C2=O)CC1. The first kappa shape index (κ1) is 27.7. The predicted molar refractivity (Wildman–Crippen MR) is 149 cm³/mol. The summed E-state index contributed by atoms with van der Waals surface area (Å²) in [4.78, 5) is 43.3. The molecule has 2 aromatic rings. The fourth-order valence-electron chi connectivity index (χ4n) is 5.77. The number of carbonyl (C=O) groups is 3. The van der Waals surface area contributed by atoms with E-state index in [9.17, 15) is 14.4 Å². The highest BCUT2D eigenvalue weighted by Gasteiger charge is 2.38. The lowest BCUT2D eigenvalue weighted by Crippen LogP contribution is -2.47. The normalized spacial score (nSPS) is 20.4. The van der Waals surface area contributed by atoms with Gasteiger partial charge in [-0.25, -0.2) is 4.79 Å². The van der Waals surface area contributed by atoms with E-state index in [1.807, 2.05) is 41.3 Å². The van der Waals surface area contributed by atoms with Gasteiger partial charge in [-0.2, -0.15) is 0 Å². The lowest BCUT2D eigenvalue weighted by Gasteiger charge is -2.36. The molecule has 0 aromatic heterocycles. The Morgan fingerprint density at radius 2 is 1.54 bits per heavy atom. The smallest absolute Gasteiger partial charge is 0.409 e. The highest BCUT2D eigenvalue weighted by Crippen LogP contribution is 2.36. The molecule has 1 atom stereocenters. The Morgan fingerprint density at radius 3 is 2.15 bits per heavy atom. The minimum absolute atomic E-state index is 0.000514. The summed E-state index contributed by atoms with van der Waals surface area (Å²) >= 11 is 13.4. The zero-order chi connectivity index (χ0) is 27.5. The van der Waals surface area contributed by atoms with Gasteiger partial charge in [-0.3, -0.25) is 9.59 Å². The number of amides is 3. The van der Waals surface area contributed by atoms with E-state index < -0.39 is 0 Å². The van der Waals surface area contributed by atoms with Crippen LogP contribution in [0.25, 0.3) is 11.1 Å². The quantitative estimate of drug-likeness (QED) is 0.515. The van der Waals surface area contributed by atoms with Crippen LogP contribution in [0.4, 0.5) is 4.79 Å². The molecule has 0 saturated carbocycles. The van der Waals surface area contributed by atoms with Crippen LogP contribution in [-0.4, -0.2) is 91.7 Å². The number of morpholine rings is 1. The van der Waals surface area contributed by atoms with Crippen LogP contribution in [0.3, 0.4) is 0 Å². The van der Waals surface area contributed by atoms with Crippen molar-refractivity contribution in [3.05, 3.63) is 57.6 Å². The number of hydrogen-bond acceptors (Lipinski definition) is 5. The standard InChI is InChI=1S/C29H33Cl2N3O5/c1-38-29(37)33-9-7-23(8-10-33)34-11-6-21(28(34)36)16-24-25(30)17-22(18-26(24)31)19-2-4-20(5-3-19)27(35)32-12-14-39-15-13-32/h2-5,17-18,21,23H,6-16H2,1H3/t21-/m0/s1. The van der Waals surface area contributed by atoms with Gasteiger partial charge in [-0.05, 0) is 66.6 Å². The lowest BCUT2D eigenvalue weighted by atomic mass is 9.95. The number of nitrogens with zero attached hydrogens (tertiary/aromatic N) is 3. The van der Waals surface area contributed by atoms with Crippen molar-refractivity contribution in [3.63, 3.8) is 0 Å². The van der Waals surface area contributed by atoms with E-state index in [1.165, 1.54) is 7.11 Å². The van der Waals surface area contributed by atoms with Crippen LogP contribution in [0.2, 0.25) is 10.0 Å². The molecule has 3 heterocycles. The van der Waals surface area contributed by atoms with Crippen molar-refractivity contribution < 1.29 is 23.9 Å². The Morgan fingerprint density at radius 1 is 0.897 bits per heavy atom. The van der Waals surface area contributed by atoms with Gasteiger partial charge in [0.15, 0.2) is 0 Å². The average molecular weight is 575 g/mol. The Bertz CT molecular complexity index is 1200. The number of benzene rings is 2. The van der Waals surface area contributed by atoms with Crippen LogP contribution in [0.5, 0.6) is 0 Å². The molecule has 0 unspecified atom stereocenters. The van der Waals surface area contributed by atoms with E-state index in [4.69, 9.17) is 32.7 Å². The second-order valence-electron chi connectivity index (χ2n) is 10.3. The number of ether oxygens (including phenoxy) is 2. The van der Waals surface area contributed by atoms with Crippen molar-refractivity contribution in [2.45, 2.75) is 31.7 Å². The number of rotatable bonds is 5. The largest absolute Gasteiger partial charge is 0.453 e. The predicted octanol–water partition coefficient (Wildman–Crippen LogP) is 4.75. The van der Waals surface area contributed by atoms with Crippen molar-refractivity contribution in [1.29, 1.82) is 0 Å². The van der Waals surface area contributed by atoms with Crippen LogP contribution >= 0.6 is 23.2 Å². The van der Waals surface area contributed by atoms with Crippen LogP contribution < -0.4 is 0 Å². The summed E-state index contributed by atoms with van der Waals surface area (Å²) < 4.78 is 10.1. The first-order chi connectivity index (χ1) is 18.9. The van der Waals surface area contributed by atoms with Gasteiger partial charge in [0, 0.05) is 60.3 Å². The molecule has 10 heteroatoms. The minimum Gasteiger partial charge on any atom is -0.453 e. The monoisotopic (exact) mass is 573 g/mol. The van der Waals surface area contributed by atoms with Gasteiger partial charge >= 0.3 is 6.09 Å². The van der Waals surface area contributed by atoms with Gasteiger partial charge < -0.3 is 24.2 Å². The Kier molecular flexibility index (Phi) is 8.64. The van der Waals surface area contributed by atoms with Crippen molar-refractivity contribution in [2.75, 3.05) is 53.0 Å². The number of carbonyl (C=O) groups excluding carboxylic acids is 3. The molecule has 0 bridgehead atoms. The van der Waals surface area contributed by atoms with Crippen molar-refractivity contribution in [1.82, 2.24) is 14.7 Å². The first-order valence-electron chi connectivity index (χ1n) is 13.4. The number of piperidine rings is 1. The molecule has 3 fully saturated rings. The molecule has 2 aromatic carbocycles. The number of methoxy groups -OCH3 is 1. The zero-order valence-electron chi connectivity index (χ0n) is 22.0. The average Bonchev–Trinajstić information content (AvgIpc) is 3.34. The molecule has 0 spiro atoms. The van der Waals surface area contributed by atoms with Crippen molar-refractivity contribution in [2.24, 2.45) is 5.92 Å². The maximum Gasteiger partial charge on any atom is 0.409 e. The molecule has 0 radical (unpaired) electrons. The summed E-state index contributed by atoms with van der Waals surface area (Å²) in [6.45, 7) is 4.21. The minimum atomic E-state index is -0.316. The van der Waals surface area contributed by atoms with Gasteiger partial charge in [0.05, 0.1) is 20.3 Å². The van der Waals surface area contributed by atoms with Crippen LogP contribution in [0, 0.1) is 5.92 Å². The van der Waals surface area contributed by atoms with Gasteiger partial charge in [-0.15, -0.1) is 0 Å². The molecule has 39 heavy (non-hydrogen) atoms. The topological polar surface area (TPSA) is 79.4 Å². The number of halogens is 2. The van der Waals surface area contributed by atoms with Crippen LogP contribution in [-0.2, 0) is 20.7 Å². The molecule has 208 valence electrons. The third kappa shape index (κ3) is 6.03.